The molecule has 0 saturated heterocycles. The summed E-state index contributed by atoms with van der Waals surface area (Å²) >= 11 is 3.33. The van der Waals surface area contributed by atoms with Crippen LogP contribution in [0.3, 0.4) is 0 Å². The predicted octanol–water partition coefficient (Wildman–Crippen LogP) is 2.31. The van der Waals surface area contributed by atoms with Gasteiger partial charge >= 0.3 is 5.97 Å². The molecule has 2 aromatic rings. The molecule has 98 valence electrons. The number of rotatable bonds is 2. The van der Waals surface area contributed by atoms with E-state index in [1.54, 1.807) is 25.1 Å². The highest BCUT2D eigenvalue weighted by atomic mass is 79.9. The monoisotopic (exact) mass is 323 g/mol. The van der Waals surface area contributed by atoms with Crippen LogP contribution in [0.1, 0.15) is 16.1 Å². The molecule has 0 unspecified atom stereocenters. The van der Waals surface area contributed by atoms with Gasteiger partial charge in [0, 0.05) is 16.6 Å². The molecule has 6 heteroatoms. The van der Waals surface area contributed by atoms with E-state index in [1.807, 2.05) is 0 Å². The van der Waals surface area contributed by atoms with Crippen molar-refractivity contribution >= 4 is 21.9 Å². The first-order valence-electron chi connectivity index (χ1n) is 5.36. The highest BCUT2D eigenvalue weighted by Gasteiger charge is 2.16. The normalized spacial score (nSPS) is 10.4. The first-order chi connectivity index (χ1) is 8.91. The number of carboxylic acid groups (broad SMARTS) is 1. The van der Waals surface area contributed by atoms with Crippen molar-refractivity contribution in [1.29, 1.82) is 0 Å². The van der Waals surface area contributed by atoms with E-state index < -0.39 is 11.5 Å². The van der Waals surface area contributed by atoms with Gasteiger partial charge in [0.25, 0.3) is 5.56 Å². The van der Waals surface area contributed by atoms with Crippen molar-refractivity contribution in [3.8, 4) is 11.4 Å². The third-order valence-electron chi connectivity index (χ3n) is 2.72. The molecule has 0 atom stereocenters. The van der Waals surface area contributed by atoms with Crippen LogP contribution in [0.4, 0.5) is 0 Å². The van der Waals surface area contributed by atoms with E-state index in [2.05, 4.69) is 15.9 Å². The first kappa shape index (κ1) is 13.4. The van der Waals surface area contributed by atoms with E-state index >= 15 is 0 Å². The summed E-state index contributed by atoms with van der Waals surface area (Å²) in [5.74, 6) is -1.65. The SMILES string of the molecule is Cc1c(Br)cccc1-n1c(C(=O)O)cc(O)cc1=O. The van der Waals surface area contributed by atoms with Gasteiger partial charge in [0.2, 0.25) is 0 Å². The highest BCUT2D eigenvalue weighted by molar-refractivity contribution is 9.10. The zero-order valence-electron chi connectivity index (χ0n) is 9.92. The van der Waals surface area contributed by atoms with Crippen LogP contribution in [0.2, 0.25) is 0 Å². The Kier molecular flexibility index (Phi) is 3.44. The van der Waals surface area contributed by atoms with Crippen LogP contribution >= 0.6 is 15.9 Å². The van der Waals surface area contributed by atoms with E-state index in [0.29, 0.717) is 5.69 Å². The van der Waals surface area contributed by atoms with Gasteiger partial charge in [0.1, 0.15) is 11.4 Å². The Morgan fingerprint density at radius 3 is 2.63 bits per heavy atom. The molecule has 2 rings (SSSR count). The minimum Gasteiger partial charge on any atom is -0.508 e. The molecule has 19 heavy (non-hydrogen) atoms. The maximum absolute atomic E-state index is 12.0. The number of carbonyl (C=O) groups is 1. The molecule has 0 aliphatic heterocycles. The lowest BCUT2D eigenvalue weighted by molar-refractivity contribution is 0.0686. The lowest BCUT2D eigenvalue weighted by atomic mass is 10.2. The number of halogens is 1. The average Bonchev–Trinajstić information content (AvgIpc) is 2.32. The quantitative estimate of drug-likeness (QED) is 0.888. The number of pyridine rings is 1. The molecule has 5 nitrogen and oxygen atoms in total. The van der Waals surface area contributed by atoms with Crippen molar-refractivity contribution < 1.29 is 15.0 Å². The largest absolute Gasteiger partial charge is 0.508 e. The fourth-order valence-corrected chi connectivity index (χ4v) is 2.16. The maximum atomic E-state index is 12.0. The second kappa shape index (κ2) is 4.89. The molecular weight excluding hydrogens is 314 g/mol. The molecule has 0 spiro atoms. The van der Waals surface area contributed by atoms with Crippen LogP contribution in [-0.4, -0.2) is 20.7 Å². The Morgan fingerprint density at radius 2 is 2.00 bits per heavy atom. The first-order valence-corrected chi connectivity index (χ1v) is 6.16. The lowest BCUT2D eigenvalue weighted by Crippen LogP contribution is -2.24. The number of aromatic hydroxyl groups is 1. The Morgan fingerprint density at radius 1 is 1.32 bits per heavy atom. The lowest BCUT2D eigenvalue weighted by Gasteiger charge is -2.13. The van der Waals surface area contributed by atoms with E-state index in [-0.39, 0.29) is 11.4 Å². The molecule has 0 aliphatic rings. The molecule has 0 aliphatic carbocycles. The Balaban J connectivity index is 2.86. The summed E-state index contributed by atoms with van der Waals surface area (Å²) in [7, 11) is 0. The predicted molar refractivity (Wildman–Crippen MR) is 73.1 cm³/mol. The third kappa shape index (κ3) is 2.39. The fraction of sp³-hybridized carbons (Fsp3) is 0.0769. The minimum atomic E-state index is -1.28. The van der Waals surface area contributed by atoms with Crippen molar-refractivity contribution in [3.63, 3.8) is 0 Å². The van der Waals surface area contributed by atoms with Crippen molar-refractivity contribution in [2.45, 2.75) is 6.92 Å². The Labute approximate surface area is 116 Å². The minimum absolute atomic E-state index is 0.286. The maximum Gasteiger partial charge on any atom is 0.353 e. The van der Waals surface area contributed by atoms with Crippen molar-refractivity contribution in [2.24, 2.45) is 0 Å². The van der Waals surface area contributed by atoms with Gasteiger partial charge in [-0.05, 0) is 24.6 Å². The van der Waals surface area contributed by atoms with Crippen molar-refractivity contribution in [1.82, 2.24) is 4.57 Å². The van der Waals surface area contributed by atoms with Gasteiger partial charge < -0.3 is 10.2 Å². The van der Waals surface area contributed by atoms with Gasteiger partial charge in [0.05, 0.1) is 5.69 Å². The summed E-state index contributed by atoms with van der Waals surface area (Å²) in [5.41, 5.74) is 0.305. The second-order valence-corrected chi connectivity index (χ2v) is 4.82. The van der Waals surface area contributed by atoms with Gasteiger partial charge in [-0.25, -0.2) is 4.79 Å². The van der Waals surface area contributed by atoms with Crippen molar-refractivity contribution in [3.05, 3.63) is 56.4 Å². The van der Waals surface area contributed by atoms with Gasteiger partial charge in [-0.2, -0.15) is 0 Å². The van der Waals surface area contributed by atoms with E-state index in [0.717, 1.165) is 26.7 Å². The number of hydrogen-bond donors (Lipinski definition) is 2. The topological polar surface area (TPSA) is 79.5 Å². The molecule has 0 fully saturated rings. The molecule has 2 N–H and O–H groups in total. The van der Waals surface area contributed by atoms with Gasteiger partial charge in [0.15, 0.2) is 0 Å². The summed E-state index contributed by atoms with van der Waals surface area (Å²) in [6.45, 7) is 1.77. The van der Waals surface area contributed by atoms with Gasteiger partial charge in [-0.3, -0.25) is 9.36 Å². The number of nitrogens with zero attached hydrogens (tertiary/aromatic N) is 1. The zero-order chi connectivity index (χ0) is 14.2. The van der Waals surface area contributed by atoms with E-state index in [1.165, 1.54) is 0 Å². The van der Waals surface area contributed by atoms with Crippen LogP contribution in [0.5, 0.6) is 5.75 Å². The van der Waals surface area contributed by atoms with Crippen LogP contribution in [0.25, 0.3) is 5.69 Å². The zero-order valence-corrected chi connectivity index (χ0v) is 11.5. The molecule has 1 aromatic heterocycles. The summed E-state index contributed by atoms with van der Waals surface area (Å²) < 4.78 is 1.82. The smallest absolute Gasteiger partial charge is 0.353 e. The second-order valence-electron chi connectivity index (χ2n) is 3.96. The van der Waals surface area contributed by atoms with E-state index in [9.17, 15) is 14.7 Å². The fourth-order valence-electron chi connectivity index (χ4n) is 1.80. The van der Waals surface area contributed by atoms with Gasteiger partial charge in [-0.1, -0.05) is 22.0 Å². The van der Waals surface area contributed by atoms with Crippen molar-refractivity contribution in [2.75, 3.05) is 0 Å². The highest BCUT2D eigenvalue weighted by Crippen LogP contribution is 2.23. The van der Waals surface area contributed by atoms with Crippen LogP contribution in [0, 0.1) is 6.92 Å². The molecule has 0 amide bonds. The molecule has 0 bridgehead atoms. The molecule has 1 aromatic carbocycles. The number of carboxylic acids is 1. The van der Waals surface area contributed by atoms with Crippen LogP contribution in [-0.2, 0) is 0 Å². The Bertz CT molecular complexity index is 721. The van der Waals surface area contributed by atoms with Crippen LogP contribution in [0.15, 0.2) is 39.6 Å². The summed E-state index contributed by atoms with van der Waals surface area (Å²) in [6.07, 6.45) is 0. The molecule has 0 radical (unpaired) electrons. The summed E-state index contributed by atoms with van der Waals surface area (Å²) in [4.78, 5) is 23.2. The molecular formula is C13H10BrNO4. The Hall–Kier alpha value is -2.08. The summed E-state index contributed by atoms with van der Waals surface area (Å²) in [6, 6.07) is 7.17. The van der Waals surface area contributed by atoms with Crippen LogP contribution < -0.4 is 5.56 Å². The summed E-state index contributed by atoms with van der Waals surface area (Å²) in [5, 5.41) is 18.5. The standard InChI is InChI=1S/C13H10BrNO4/c1-7-9(14)3-2-4-10(7)15-11(13(18)19)5-8(16)6-12(15)17/h2-6,16H,1H3,(H,18,19). The van der Waals surface area contributed by atoms with Gasteiger partial charge in [-0.15, -0.1) is 0 Å². The average molecular weight is 324 g/mol. The molecule has 1 heterocycles. The number of benzene rings is 1. The van der Waals surface area contributed by atoms with E-state index in [4.69, 9.17) is 5.11 Å². The molecule has 0 saturated carbocycles. The third-order valence-corrected chi connectivity index (χ3v) is 3.58. The number of aromatic carboxylic acids is 1. The number of aromatic nitrogens is 1. The number of hydrogen-bond acceptors (Lipinski definition) is 3.